The molecule has 114 valence electrons. The number of allylic oxidation sites excluding steroid dienone is 1. The number of hydrogen-bond acceptors (Lipinski definition) is 4. The first kappa shape index (κ1) is 15.3. The van der Waals surface area contributed by atoms with E-state index in [1.54, 1.807) is 18.2 Å². The maximum atomic E-state index is 12.5. The van der Waals surface area contributed by atoms with Gasteiger partial charge in [-0.2, -0.15) is 5.26 Å². The van der Waals surface area contributed by atoms with E-state index in [0.717, 1.165) is 5.39 Å². The summed E-state index contributed by atoms with van der Waals surface area (Å²) in [5, 5.41) is 10.5. The van der Waals surface area contributed by atoms with E-state index in [2.05, 4.69) is 0 Å². The van der Waals surface area contributed by atoms with Crippen molar-refractivity contribution < 1.29 is 12.8 Å². The Bertz CT molecular complexity index is 1010. The lowest BCUT2D eigenvalue weighted by Gasteiger charge is -2.02. The third kappa shape index (κ3) is 3.00. The number of halogens is 1. The summed E-state index contributed by atoms with van der Waals surface area (Å²) in [7, 11) is -3.92. The number of para-hydroxylation sites is 1. The van der Waals surface area contributed by atoms with Gasteiger partial charge in [-0.1, -0.05) is 29.8 Å². The second kappa shape index (κ2) is 5.92. The number of nitriles is 1. The molecule has 0 fully saturated rings. The quantitative estimate of drug-likeness (QED) is 0.660. The van der Waals surface area contributed by atoms with Crippen molar-refractivity contribution in [3.63, 3.8) is 0 Å². The molecule has 1 aromatic heterocycles. The zero-order valence-corrected chi connectivity index (χ0v) is 13.3. The Morgan fingerprint density at radius 1 is 1.13 bits per heavy atom. The van der Waals surface area contributed by atoms with Crippen molar-refractivity contribution in [1.82, 2.24) is 0 Å². The highest BCUT2D eigenvalue weighted by atomic mass is 35.5. The van der Waals surface area contributed by atoms with Crippen LogP contribution in [0.25, 0.3) is 17.0 Å². The number of rotatable bonds is 3. The number of fused-ring (bicyclic) bond motifs is 1. The van der Waals surface area contributed by atoms with Crippen molar-refractivity contribution in [3.8, 4) is 6.07 Å². The standard InChI is InChI=1S/C17H10ClNO3S/c18-13-5-7-15(8-6-13)23(20,21)16(11-19)10-14-9-12-3-1-2-4-17(12)22-14/h1-10H/b16-10+. The summed E-state index contributed by atoms with van der Waals surface area (Å²) in [4.78, 5) is -0.385. The lowest BCUT2D eigenvalue weighted by molar-refractivity contribution is 0.599. The minimum absolute atomic E-state index is 0.00538. The van der Waals surface area contributed by atoms with Crippen molar-refractivity contribution in [2.45, 2.75) is 4.90 Å². The van der Waals surface area contributed by atoms with E-state index in [9.17, 15) is 13.7 Å². The maximum Gasteiger partial charge on any atom is 0.216 e. The molecule has 0 unspecified atom stereocenters. The van der Waals surface area contributed by atoms with Gasteiger partial charge in [0, 0.05) is 16.5 Å². The van der Waals surface area contributed by atoms with Gasteiger partial charge in [0.1, 0.15) is 17.4 Å². The minimum Gasteiger partial charge on any atom is -0.457 e. The van der Waals surface area contributed by atoms with Crippen LogP contribution in [0.15, 0.2) is 68.8 Å². The third-order valence-electron chi connectivity index (χ3n) is 3.24. The minimum atomic E-state index is -3.92. The van der Waals surface area contributed by atoms with Crippen LogP contribution in [-0.2, 0) is 9.84 Å². The summed E-state index contributed by atoms with van der Waals surface area (Å²) >= 11 is 5.76. The predicted molar refractivity (Wildman–Crippen MR) is 88.4 cm³/mol. The zero-order valence-electron chi connectivity index (χ0n) is 11.7. The van der Waals surface area contributed by atoms with E-state index < -0.39 is 9.84 Å². The average molecular weight is 344 g/mol. The van der Waals surface area contributed by atoms with Gasteiger partial charge in [-0.05, 0) is 36.4 Å². The van der Waals surface area contributed by atoms with Gasteiger partial charge in [0.05, 0.1) is 4.90 Å². The van der Waals surface area contributed by atoms with Crippen molar-refractivity contribution in [2.75, 3.05) is 0 Å². The fraction of sp³-hybridized carbons (Fsp3) is 0. The molecule has 0 radical (unpaired) electrons. The first-order valence-electron chi connectivity index (χ1n) is 6.62. The first-order chi connectivity index (χ1) is 11.0. The second-order valence-electron chi connectivity index (χ2n) is 4.76. The summed E-state index contributed by atoms with van der Waals surface area (Å²) in [6, 6.07) is 16.3. The Kier molecular flexibility index (Phi) is 3.95. The van der Waals surface area contributed by atoms with Gasteiger partial charge >= 0.3 is 0 Å². The average Bonchev–Trinajstić information content (AvgIpc) is 2.95. The lowest BCUT2D eigenvalue weighted by Crippen LogP contribution is -2.03. The summed E-state index contributed by atoms with van der Waals surface area (Å²) in [6.07, 6.45) is 1.23. The fourth-order valence-electron chi connectivity index (χ4n) is 2.11. The van der Waals surface area contributed by atoms with Crippen molar-refractivity contribution in [3.05, 3.63) is 70.3 Å². The van der Waals surface area contributed by atoms with E-state index in [4.69, 9.17) is 16.0 Å². The molecule has 0 aliphatic rings. The Balaban J connectivity index is 2.07. The van der Waals surface area contributed by atoms with Crippen molar-refractivity contribution in [2.24, 2.45) is 0 Å². The highest BCUT2D eigenvalue weighted by Crippen LogP contribution is 2.25. The van der Waals surface area contributed by atoms with Crippen molar-refractivity contribution in [1.29, 1.82) is 5.26 Å². The summed E-state index contributed by atoms with van der Waals surface area (Å²) in [6.45, 7) is 0. The van der Waals surface area contributed by atoms with Gasteiger partial charge in [-0.15, -0.1) is 0 Å². The molecule has 3 rings (SSSR count). The number of hydrogen-bond donors (Lipinski definition) is 0. The smallest absolute Gasteiger partial charge is 0.216 e. The molecule has 1 heterocycles. The van der Waals surface area contributed by atoms with Crippen LogP contribution in [0.1, 0.15) is 5.76 Å². The summed E-state index contributed by atoms with van der Waals surface area (Å²) in [5.74, 6) is 0.306. The molecule has 2 aromatic carbocycles. The summed E-state index contributed by atoms with van der Waals surface area (Å²) < 4.78 is 30.6. The molecule has 23 heavy (non-hydrogen) atoms. The van der Waals surface area contributed by atoms with Crippen LogP contribution in [0.5, 0.6) is 0 Å². The van der Waals surface area contributed by atoms with E-state index in [1.165, 1.54) is 30.3 Å². The molecule has 0 amide bonds. The molecule has 0 spiro atoms. The van der Waals surface area contributed by atoms with Crippen LogP contribution in [0.2, 0.25) is 5.02 Å². The van der Waals surface area contributed by atoms with Gasteiger partial charge in [0.25, 0.3) is 0 Å². The predicted octanol–water partition coefficient (Wildman–Crippen LogP) is 4.42. The van der Waals surface area contributed by atoms with E-state index in [0.29, 0.717) is 16.4 Å². The molecular formula is C17H10ClNO3S. The first-order valence-corrected chi connectivity index (χ1v) is 8.48. The highest BCUT2D eigenvalue weighted by molar-refractivity contribution is 7.95. The van der Waals surface area contributed by atoms with Crippen LogP contribution in [0.4, 0.5) is 0 Å². The van der Waals surface area contributed by atoms with E-state index >= 15 is 0 Å². The Morgan fingerprint density at radius 3 is 2.48 bits per heavy atom. The number of benzene rings is 2. The highest BCUT2D eigenvalue weighted by Gasteiger charge is 2.21. The molecule has 0 aliphatic heterocycles. The molecule has 3 aromatic rings. The molecule has 0 saturated heterocycles. The molecule has 0 saturated carbocycles. The van der Waals surface area contributed by atoms with Crippen LogP contribution in [-0.4, -0.2) is 8.42 Å². The molecule has 0 aliphatic carbocycles. The maximum absolute atomic E-state index is 12.5. The molecule has 0 N–H and O–H groups in total. The Morgan fingerprint density at radius 2 is 1.83 bits per heavy atom. The van der Waals surface area contributed by atoms with Gasteiger partial charge in [-0.25, -0.2) is 8.42 Å². The molecule has 4 nitrogen and oxygen atoms in total. The number of furan rings is 1. The normalized spacial score (nSPS) is 12.3. The summed E-state index contributed by atoms with van der Waals surface area (Å²) in [5.41, 5.74) is 0.625. The Labute approximate surface area is 138 Å². The number of sulfone groups is 1. The monoisotopic (exact) mass is 343 g/mol. The number of nitrogens with zero attached hydrogens (tertiary/aromatic N) is 1. The second-order valence-corrected chi connectivity index (χ2v) is 7.12. The van der Waals surface area contributed by atoms with Crippen LogP contribution in [0, 0.1) is 11.3 Å². The molecule has 6 heteroatoms. The van der Waals surface area contributed by atoms with Gasteiger partial charge < -0.3 is 4.42 Å². The molecule has 0 bridgehead atoms. The van der Waals surface area contributed by atoms with Crippen LogP contribution in [0.3, 0.4) is 0 Å². The lowest BCUT2D eigenvalue weighted by atomic mass is 10.2. The zero-order chi connectivity index (χ0) is 16.4. The third-order valence-corrected chi connectivity index (χ3v) is 5.17. The van der Waals surface area contributed by atoms with Gasteiger partial charge in [-0.3, -0.25) is 0 Å². The van der Waals surface area contributed by atoms with Crippen LogP contribution >= 0.6 is 11.6 Å². The topological polar surface area (TPSA) is 71.1 Å². The van der Waals surface area contributed by atoms with Gasteiger partial charge in [0.2, 0.25) is 9.84 Å². The van der Waals surface area contributed by atoms with Crippen LogP contribution < -0.4 is 0 Å². The van der Waals surface area contributed by atoms with Crippen molar-refractivity contribution >= 4 is 38.5 Å². The molecule has 0 atom stereocenters. The largest absolute Gasteiger partial charge is 0.457 e. The Hall–Kier alpha value is -2.55. The SMILES string of the molecule is N#C/C(=C\c1cc2ccccc2o1)S(=O)(=O)c1ccc(Cl)cc1. The van der Waals surface area contributed by atoms with E-state index in [-0.39, 0.29) is 9.80 Å². The van der Waals surface area contributed by atoms with E-state index in [1.807, 2.05) is 18.2 Å². The van der Waals surface area contributed by atoms with Gasteiger partial charge in [0.15, 0.2) is 4.91 Å². The molecular weight excluding hydrogens is 334 g/mol. The fourth-order valence-corrected chi connectivity index (χ4v) is 3.38.